The first-order chi connectivity index (χ1) is 13.0. The maximum atomic E-state index is 12.5. The van der Waals surface area contributed by atoms with E-state index in [1.807, 2.05) is 42.5 Å². The Morgan fingerprint density at radius 3 is 2.56 bits per heavy atom. The molecule has 7 heteroatoms. The van der Waals surface area contributed by atoms with Crippen LogP contribution >= 0.6 is 11.8 Å². The van der Waals surface area contributed by atoms with E-state index in [-0.39, 0.29) is 18.2 Å². The normalized spacial score (nSPS) is 16.7. The van der Waals surface area contributed by atoms with Gasteiger partial charge in [0.25, 0.3) is 5.91 Å². The minimum atomic E-state index is -0.938. The predicted molar refractivity (Wildman–Crippen MR) is 105 cm³/mol. The van der Waals surface area contributed by atoms with Gasteiger partial charge < -0.3 is 15.0 Å². The van der Waals surface area contributed by atoms with Crippen molar-refractivity contribution in [1.82, 2.24) is 0 Å². The molecule has 3 rings (SSSR count). The van der Waals surface area contributed by atoms with Crippen LogP contribution in [-0.4, -0.2) is 36.2 Å². The number of ether oxygens (including phenoxy) is 1. The van der Waals surface area contributed by atoms with E-state index in [2.05, 4.69) is 5.32 Å². The van der Waals surface area contributed by atoms with E-state index in [0.717, 1.165) is 10.6 Å². The first-order valence-corrected chi connectivity index (χ1v) is 9.42. The number of carbonyl (C=O) groups is 3. The molecule has 0 aromatic heterocycles. The molecule has 27 heavy (non-hydrogen) atoms. The molecule has 0 saturated carbocycles. The Kier molecular flexibility index (Phi) is 5.81. The lowest BCUT2D eigenvalue weighted by Gasteiger charge is -2.24. The molecule has 1 N–H and O–H groups in total. The maximum Gasteiger partial charge on any atom is 0.308 e. The Morgan fingerprint density at radius 2 is 1.81 bits per heavy atom. The van der Waals surface area contributed by atoms with Crippen LogP contribution in [0.2, 0.25) is 0 Å². The molecule has 1 aliphatic heterocycles. The Hall–Kier alpha value is -2.80. The first kappa shape index (κ1) is 19.0. The highest BCUT2D eigenvalue weighted by Gasteiger charge is 2.31. The third-order valence-corrected chi connectivity index (χ3v) is 5.46. The van der Waals surface area contributed by atoms with Crippen molar-refractivity contribution in [3.8, 4) is 0 Å². The highest BCUT2D eigenvalue weighted by Crippen LogP contribution is 2.36. The van der Waals surface area contributed by atoms with Crippen LogP contribution in [0.1, 0.15) is 13.3 Å². The molecule has 0 fully saturated rings. The number of benzene rings is 2. The Labute approximate surface area is 161 Å². The number of hydrogen-bond donors (Lipinski definition) is 1. The van der Waals surface area contributed by atoms with Crippen molar-refractivity contribution in [1.29, 1.82) is 0 Å². The summed E-state index contributed by atoms with van der Waals surface area (Å²) in [6, 6.07) is 16.5. The molecule has 0 saturated heterocycles. The Bertz CT molecular complexity index is 856. The van der Waals surface area contributed by atoms with Crippen molar-refractivity contribution in [3.05, 3.63) is 54.6 Å². The van der Waals surface area contributed by atoms with Crippen molar-refractivity contribution < 1.29 is 19.1 Å². The van der Waals surface area contributed by atoms with Gasteiger partial charge in [-0.25, -0.2) is 0 Å². The molecule has 140 valence electrons. The lowest BCUT2D eigenvalue weighted by atomic mass is 10.2. The zero-order valence-corrected chi connectivity index (χ0v) is 15.9. The molecule has 0 unspecified atom stereocenters. The van der Waals surface area contributed by atoms with E-state index in [1.165, 1.54) is 23.6 Å². The predicted octanol–water partition coefficient (Wildman–Crippen LogP) is 3.08. The smallest absolute Gasteiger partial charge is 0.308 e. The second kappa shape index (κ2) is 8.26. The lowest BCUT2D eigenvalue weighted by Crippen LogP contribution is -2.38. The highest BCUT2D eigenvalue weighted by atomic mass is 32.2. The molecule has 2 amide bonds. The van der Waals surface area contributed by atoms with Gasteiger partial charge in [0.05, 0.1) is 17.4 Å². The fourth-order valence-electron chi connectivity index (χ4n) is 2.73. The largest absolute Gasteiger partial charge is 0.452 e. The molecule has 2 aromatic rings. The fraction of sp³-hybridized carbons (Fsp3) is 0.250. The second-order valence-corrected chi connectivity index (χ2v) is 7.41. The van der Waals surface area contributed by atoms with Gasteiger partial charge in [-0.05, 0) is 31.2 Å². The van der Waals surface area contributed by atoms with Gasteiger partial charge in [0.15, 0.2) is 6.10 Å². The number of thioether (sulfide) groups is 1. The number of amides is 2. The van der Waals surface area contributed by atoms with Gasteiger partial charge in [-0.3, -0.25) is 14.4 Å². The number of carbonyl (C=O) groups excluding carboxylic acids is 3. The molecule has 0 spiro atoms. The van der Waals surface area contributed by atoms with E-state index >= 15 is 0 Å². The molecule has 0 radical (unpaired) electrons. The second-order valence-electron chi connectivity index (χ2n) is 6.16. The SMILES string of the molecule is C[C@@H](OC(=O)C[C@@H]1Sc2ccccc2NC1=O)C(=O)N(C)c1ccccc1. The summed E-state index contributed by atoms with van der Waals surface area (Å²) in [6.45, 7) is 1.53. The number of anilines is 2. The van der Waals surface area contributed by atoms with Crippen LogP contribution in [0, 0.1) is 0 Å². The van der Waals surface area contributed by atoms with Gasteiger partial charge >= 0.3 is 5.97 Å². The molecular formula is C20H20N2O4S. The van der Waals surface area contributed by atoms with E-state index in [9.17, 15) is 14.4 Å². The van der Waals surface area contributed by atoms with Crippen LogP contribution in [0.4, 0.5) is 11.4 Å². The topological polar surface area (TPSA) is 75.7 Å². The van der Waals surface area contributed by atoms with Crippen LogP contribution in [0.3, 0.4) is 0 Å². The van der Waals surface area contributed by atoms with E-state index in [0.29, 0.717) is 5.69 Å². The highest BCUT2D eigenvalue weighted by molar-refractivity contribution is 8.01. The lowest BCUT2D eigenvalue weighted by molar-refractivity contribution is -0.154. The summed E-state index contributed by atoms with van der Waals surface area (Å²) in [4.78, 5) is 39.3. The first-order valence-electron chi connectivity index (χ1n) is 8.54. The van der Waals surface area contributed by atoms with Crippen LogP contribution in [0.15, 0.2) is 59.5 Å². The molecule has 0 bridgehead atoms. The summed E-state index contributed by atoms with van der Waals surface area (Å²) in [7, 11) is 1.63. The van der Waals surface area contributed by atoms with Gasteiger partial charge in [-0.1, -0.05) is 30.3 Å². The van der Waals surface area contributed by atoms with Gasteiger partial charge in [-0.2, -0.15) is 0 Å². The standard InChI is InChI=1S/C20H20N2O4S/c1-13(20(25)22(2)14-8-4-3-5-9-14)26-18(23)12-17-19(24)21-15-10-6-7-11-16(15)27-17/h3-11,13,17H,12H2,1-2H3,(H,21,24)/t13-,17+/m1/s1. The van der Waals surface area contributed by atoms with Gasteiger partial charge in [-0.15, -0.1) is 11.8 Å². The third-order valence-electron chi connectivity index (χ3n) is 4.19. The number of hydrogen-bond acceptors (Lipinski definition) is 5. The number of esters is 1. The zero-order chi connectivity index (χ0) is 19.4. The van der Waals surface area contributed by atoms with Crippen LogP contribution < -0.4 is 10.2 Å². The molecule has 1 heterocycles. The molecule has 6 nitrogen and oxygen atoms in total. The fourth-order valence-corrected chi connectivity index (χ4v) is 3.82. The number of fused-ring (bicyclic) bond motifs is 1. The van der Waals surface area contributed by atoms with Crippen LogP contribution in [0.5, 0.6) is 0 Å². The number of para-hydroxylation sites is 2. The summed E-state index contributed by atoms with van der Waals surface area (Å²) in [5, 5.41) is 2.21. The van der Waals surface area contributed by atoms with Crippen molar-refractivity contribution in [2.24, 2.45) is 0 Å². The quantitative estimate of drug-likeness (QED) is 0.802. The Morgan fingerprint density at radius 1 is 1.15 bits per heavy atom. The van der Waals surface area contributed by atoms with E-state index in [4.69, 9.17) is 4.74 Å². The molecule has 0 aliphatic carbocycles. The van der Waals surface area contributed by atoms with Gasteiger partial charge in [0, 0.05) is 17.6 Å². The molecule has 2 aromatic carbocycles. The van der Waals surface area contributed by atoms with Crippen LogP contribution in [-0.2, 0) is 19.1 Å². The maximum absolute atomic E-state index is 12.5. The number of rotatable bonds is 5. The van der Waals surface area contributed by atoms with Crippen molar-refractivity contribution in [3.63, 3.8) is 0 Å². The van der Waals surface area contributed by atoms with Gasteiger partial charge in [0.2, 0.25) is 5.91 Å². The average Bonchev–Trinajstić information content (AvgIpc) is 2.68. The Balaban J connectivity index is 1.57. The summed E-state index contributed by atoms with van der Waals surface area (Å²) in [5.74, 6) is -1.15. The molecular weight excluding hydrogens is 364 g/mol. The van der Waals surface area contributed by atoms with E-state index in [1.54, 1.807) is 19.2 Å². The van der Waals surface area contributed by atoms with Gasteiger partial charge in [0.1, 0.15) is 0 Å². The summed E-state index contributed by atoms with van der Waals surface area (Å²) >= 11 is 1.32. The van der Waals surface area contributed by atoms with Crippen molar-refractivity contribution >= 4 is 40.9 Å². The number of likely N-dealkylation sites (N-methyl/N-ethyl adjacent to an activating group) is 1. The zero-order valence-electron chi connectivity index (χ0n) is 15.0. The van der Waals surface area contributed by atoms with Crippen molar-refractivity contribution in [2.45, 2.75) is 29.6 Å². The van der Waals surface area contributed by atoms with Crippen molar-refractivity contribution in [2.75, 3.05) is 17.3 Å². The minimum absolute atomic E-state index is 0.0997. The monoisotopic (exact) mass is 384 g/mol. The summed E-state index contributed by atoms with van der Waals surface area (Å²) < 4.78 is 5.27. The van der Waals surface area contributed by atoms with Crippen LogP contribution in [0.25, 0.3) is 0 Å². The summed E-state index contributed by atoms with van der Waals surface area (Å²) in [5.41, 5.74) is 1.45. The summed E-state index contributed by atoms with van der Waals surface area (Å²) in [6.07, 6.45) is -1.04. The molecule has 2 atom stereocenters. The number of nitrogens with zero attached hydrogens (tertiary/aromatic N) is 1. The third kappa shape index (κ3) is 4.49. The van der Waals surface area contributed by atoms with E-state index < -0.39 is 17.3 Å². The minimum Gasteiger partial charge on any atom is -0.452 e. The molecule has 1 aliphatic rings. The average molecular weight is 384 g/mol. The number of nitrogens with one attached hydrogen (secondary N) is 1.